The van der Waals surface area contributed by atoms with E-state index >= 15 is 0 Å². The number of benzene rings is 2. The van der Waals surface area contributed by atoms with Crippen molar-refractivity contribution in [2.24, 2.45) is 0 Å². The van der Waals surface area contributed by atoms with Crippen LogP contribution >= 0.6 is 0 Å². The summed E-state index contributed by atoms with van der Waals surface area (Å²) in [4.78, 5) is 100. The molecule has 3 unspecified atom stereocenters. The van der Waals surface area contributed by atoms with Crippen molar-refractivity contribution in [1.29, 1.82) is 10.5 Å². The van der Waals surface area contributed by atoms with Crippen molar-refractivity contribution in [2.45, 2.75) is 108 Å². The summed E-state index contributed by atoms with van der Waals surface area (Å²) in [7, 11) is 0. The number of pyridine rings is 2. The number of nitriles is 2. The highest BCUT2D eigenvalue weighted by Gasteiger charge is 2.48. The lowest BCUT2D eigenvalue weighted by Crippen LogP contribution is -2.48. The number of unbranched alkanes of at least 4 members (excludes halogenated alkanes) is 2. The average molecular weight is 1070 g/mol. The molecule has 2 aromatic heterocycles. The second-order valence-electron chi connectivity index (χ2n) is 19.4. The van der Waals surface area contributed by atoms with Crippen molar-refractivity contribution < 1.29 is 65.3 Å². The maximum atomic E-state index is 13.9. The summed E-state index contributed by atoms with van der Waals surface area (Å²) in [5.74, 6) is -9.42. The van der Waals surface area contributed by atoms with Crippen LogP contribution in [0.25, 0.3) is 21.8 Å². The van der Waals surface area contributed by atoms with Crippen molar-refractivity contribution in [3.63, 3.8) is 0 Å². The number of alkyl carbamates (subject to hydrolysis) is 1. The summed E-state index contributed by atoms with van der Waals surface area (Å²) < 4.78 is 72.6. The Hall–Kier alpha value is -8.35. The molecule has 0 aliphatic carbocycles. The molecule has 25 heteroatoms. The van der Waals surface area contributed by atoms with E-state index in [-0.39, 0.29) is 56.2 Å². The topological polar surface area (TPSA) is 287 Å². The molecular weight excluding hydrogens is 1010 g/mol. The molecule has 0 radical (unpaired) electrons. The van der Waals surface area contributed by atoms with Gasteiger partial charge >= 0.3 is 6.09 Å². The maximum absolute atomic E-state index is 13.9. The third kappa shape index (κ3) is 16.8. The Labute approximate surface area is 440 Å². The fourth-order valence-corrected chi connectivity index (χ4v) is 8.40. The molecule has 2 aliphatic heterocycles. The number of rotatable bonds is 23. The van der Waals surface area contributed by atoms with Crippen molar-refractivity contribution in [3.8, 4) is 23.6 Å². The van der Waals surface area contributed by atoms with Gasteiger partial charge in [-0.2, -0.15) is 10.5 Å². The predicted molar refractivity (Wildman–Crippen MR) is 267 cm³/mol. The monoisotopic (exact) mass is 1070 g/mol. The fourth-order valence-electron chi connectivity index (χ4n) is 8.40. The molecule has 6 rings (SSSR count). The van der Waals surface area contributed by atoms with Crippen LogP contribution in [0.4, 0.5) is 22.4 Å². The molecule has 4 heterocycles. The van der Waals surface area contributed by atoms with Crippen LogP contribution in [0.1, 0.15) is 92.9 Å². The minimum absolute atomic E-state index is 0.0402. The number of ether oxygens (including phenoxy) is 3. The zero-order valence-corrected chi connectivity index (χ0v) is 42.6. The first-order valence-corrected chi connectivity index (χ1v) is 24.8. The minimum Gasteiger partial charge on any atom is -0.494 e. The van der Waals surface area contributed by atoms with E-state index in [0.29, 0.717) is 59.0 Å². The Balaban J connectivity index is 0.902. The molecule has 2 aromatic carbocycles. The van der Waals surface area contributed by atoms with Gasteiger partial charge in [-0.1, -0.05) is 0 Å². The third-order valence-electron chi connectivity index (χ3n) is 12.2. The summed E-state index contributed by atoms with van der Waals surface area (Å²) in [6.07, 6.45) is 2.25. The van der Waals surface area contributed by atoms with E-state index in [1.165, 1.54) is 24.5 Å². The van der Waals surface area contributed by atoms with Crippen LogP contribution in [-0.4, -0.2) is 149 Å². The highest BCUT2D eigenvalue weighted by atomic mass is 19.3. The Morgan fingerprint density at radius 1 is 0.688 bits per heavy atom. The van der Waals surface area contributed by atoms with Crippen molar-refractivity contribution in [3.05, 3.63) is 72.1 Å². The number of carbonyl (C=O) groups is 7. The van der Waals surface area contributed by atoms with Crippen LogP contribution in [0.2, 0.25) is 0 Å². The molecular formula is C52H59F4N11O10. The zero-order valence-electron chi connectivity index (χ0n) is 42.6. The highest BCUT2D eigenvalue weighted by Crippen LogP contribution is 2.33. The molecule has 0 bridgehead atoms. The molecule has 410 valence electrons. The number of nitrogens with zero attached hydrogens (tertiary/aromatic N) is 6. The molecule has 4 aromatic rings. The van der Waals surface area contributed by atoms with Gasteiger partial charge < -0.3 is 50.6 Å². The molecule has 21 nitrogen and oxygen atoms in total. The van der Waals surface area contributed by atoms with E-state index in [2.05, 4.69) is 36.6 Å². The number of hydrogen-bond acceptors (Lipinski definition) is 14. The van der Waals surface area contributed by atoms with Gasteiger partial charge in [-0.25, -0.2) is 22.4 Å². The van der Waals surface area contributed by atoms with Gasteiger partial charge in [0.15, 0.2) is 0 Å². The highest BCUT2D eigenvalue weighted by molar-refractivity contribution is 6.08. The Bertz CT molecular complexity index is 2930. The maximum Gasteiger partial charge on any atom is 0.408 e. The number of hydrogen-bond donors (Lipinski definition) is 5. The molecule has 5 N–H and O–H groups in total. The zero-order chi connectivity index (χ0) is 55.9. The van der Waals surface area contributed by atoms with Crippen LogP contribution in [-0.2, 0) is 23.9 Å². The van der Waals surface area contributed by atoms with Gasteiger partial charge in [-0.15, -0.1) is 0 Å². The second kappa shape index (κ2) is 25.9. The minimum atomic E-state index is -3.20. The number of carbonyl (C=O) groups excluding carboxylic acids is 7. The van der Waals surface area contributed by atoms with E-state index in [1.807, 2.05) is 0 Å². The standard InChI is InChI=1S/C52H59F4N11O10/c1-50(2,3)77-49(74)65-42(48(73)62-17-5-7-21-76-35-9-11-41-39(23-35)37(15-19-60-41)47(72)64-29-45(70)67-31-52(55,56)25-33(67)27-58)12-13-43(68)61-16-4-6-20-75-34-8-10-40-38(22-34)36(14-18-59-40)46(71)63-28-44(69)66-30-51(53,54)24-32(66)26-57/h8-11,14-15,18-19,22-23,32-33,42H,4-7,12-13,16-17,20-21,24-25,28-31H2,1-3H3,(H,61,68)(H,62,73)(H,63,71)(H,64,72)(H,65,74). The number of halogens is 4. The predicted octanol–water partition coefficient (Wildman–Crippen LogP) is 4.69. The number of aromatic nitrogens is 2. The number of amides is 7. The fraction of sp³-hybridized carbons (Fsp3) is 0.481. The number of fused-ring (bicyclic) bond motifs is 2. The quantitative estimate of drug-likeness (QED) is 0.0498. The lowest BCUT2D eigenvalue weighted by Gasteiger charge is -2.23. The molecule has 2 fully saturated rings. The lowest BCUT2D eigenvalue weighted by molar-refractivity contribution is -0.132. The van der Waals surface area contributed by atoms with Crippen LogP contribution < -0.4 is 36.1 Å². The molecule has 2 aliphatic rings. The number of alkyl halides is 4. The summed E-state index contributed by atoms with van der Waals surface area (Å²) >= 11 is 0. The second-order valence-corrected chi connectivity index (χ2v) is 19.4. The lowest BCUT2D eigenvalue weighted by atomic mass is 10.1. The van der Waals surface area contributed by atoms with Gasteiger partial charge in [0.05, 0.1) is 73.7 Å². The van der Waals surface area contributed by atoms with E-state index in [0.717, 1.165) is 9.80 Å². The molecule has 2 saturated heterocycles. The largest absolute Gasteiger partial charge is 0.494 e. The summed E-state index contributed by atoms with van der Waals surface area (Å²) in [5.41, 5.74) is 0.367. The smallest absolute Gasteiger partial charge is 0.408 e. The van der Waals surface area contributed by atoms with Crippen LogP contribution in [0.15, 0.2) is 60.9 Å². The van der Waals surface area contributed by atoms with E-state index in [4.69, 9.17) is 14.2 Å². The Kier molecular flexibility index (Phi) is 19.5. The summed E-state index contributed by atoms with van der Waals surface area (Å²) in [6, 6.07) is 12.4. The molecule has 3 atom stereocenters. The first kappa shape index (κ1) is 57.9. The van der Waals surface area contributed by atoms with Gasteiger partial charge in [-0.05, 0) is 101 Å². The van der Waals surface area contributed by atoms with Gasteiger partial charge in [0.1, 0.15) is 35.2 Å². The average Bonchev–Trinajstić information content (AvgIpc) is 3.90. The first-order chi connectivity index (χ1) is 36.5. The van der Waals surface area contributed by atoms with E-state index in [9.17, 15) is 61.6 Å². The van der Waals surface area contributed by atoms with Gasteiger partial charge in [0.25, 0.3) is 23.7 Å². The number of nitrogens with one attached hydrogen (secondary N) is 5. The first-order valence-electron chi connectivity index (χ1n) is 24.8. The van der Waals surface area contributed by atoms with E-state index in [1.54, 1.807) is 69.3 Å². The van der Waals surface area contributed by atoms with Crippen LogP contribution in [0.3, 0.4) is 0 Å². The van der Waals surface area contributed by atoms with Gasteiger partial charge in [0.2, 0.25) is 23.6 Å². The molecule has 0 saturated carbocycles. The molecule has 77 heavy (non-hydrogen) atoms. The normalized spacial score (nSPS) is 16.8. The van der Waals surface area contributed by atoms with Gasteiger partial charge in [-0.3, -0.25) is 38.7 Å². The van der Waals surface area contributed by atoms with Crippen molar-refractivity contribution in [1.82, 2.24) is 46.4 Å². The van der Waals surface area contributed by atoms with Gasteiger partial charge in [0, 0.05) is 55.5 Å². The Morgan fingerprint density at radius 3 is 1.61 bits per heavy atom. The molecule has 0 spiro atoms. The molecule has 7 amide bonds. The van der Waals surface area contributed by atoms with E-state index < -0.39 is 110 Å². The summed E-state index contributed by atoms with van der Waals surface area (Å²) in [5, 5.41) is 32.3. The van der Waals surface area contributed by atoms with Crippen molar-refractivity contribution >= 4 is 63.3 Å². The summed E-state index contributed by atoms with van der Waals surface area (Å²) in [6.45, 7) is 2.93. The SMILES string of the molecule is CC(C)(C)OC(=O)NC(CCC(=O)NCCCCOc1ccc2nccc(C(=O)NCC(=O)N3CC(F)(F)CC3C#N)c2c1)C(=O)NCCCCOc1ccc2nccc(C(=O)NCC(=O)N3CC(F)(F)CC3C#N)c2c1. The van der Waals surface area contributed by atoms with Crippen LogP contribution in [0.5, 0.6) is 11.5 Å². The van der Waals surface area contributed by atoms with Crippen molar-refractivity contribution in [2.75, 3.05) is 52.5 Å². The Morgan fingerprint density at radius 2 is 1.16 bits per heavy atom. The number of likely N-dealkylation sites (tertiary alicyclic amines) is 2. The van der Waals surface area contributed by atoms with Crippen LogP contribution in [0, 0.1) is 22.7 Å². The third-order valence-corrected chi connectivity index (χ3v) is 12.2.